The Hall–Kier alpha value is -3.75. The van der Waals surface area contributed by atoms with Crippen molar-refractivity contribution >= 4 is 33.1 Å². The minimum absolute atomic E-state index is 0.0751. The van der Waals surface area contributed by atoms with E-state index in [0.717, 1.165) is 18.4 Å². The van der Waals surface area contributed by atoms with Crippen molar-refractivity contribution in [2.45, 2.75) is 18.6 Å². The Labute approximate surface area is 229 Å². The topological polar surface area (TPSA) is 86.0 Å². The van der Waals surface area contributed by atoms with Crippen LogP contribution in [0.2, 0.25) is 5.02 Å². The molecule has 1 saturated heterocycles. The Kier molecular flexibility index (Phi) is 8.37. The summed E-state index contributed by atoms with van der Waals surface area (Å²) in [5.74, 6) is 1.23. The minimum atomic E-state index is -4.53. The Morgan fingerprint density at radius 2 is 1.72 bits per heavy atom. The first-order valence-electron chi connectivity index (χ1n) is 11.8. The number of nitrogens with zero attached hydrogens (tertiary/aromatic N) is 4. The Balaban J connectivity index is 1.69. The van der Waals surface area contributed by atoms with Crippen LogP contribution < -0.4 is 9.64 Å². The third-order valence-electron chi connectivity index (χ3n) is 6.06. The molecule has 3 aromatic rings. The van der Waals surface area contributed by atoms with Crippen LogP contribution in [0.4, 0.5) is 18.9 Å². The molecule has 1 fully saturated rings. The van der Waals surface area contributed by atoms with Crippen LogP contribution in [0.3, 0.4) is 0 Å². The maximum atomic E-state index is 13.5. The van der Waals surface area contributed by atoms with E-state index in [1.807, 2.05) is 0 Å². The number of benzene rings is 3. The van der Waals surface area contributed by atoms with Gasteiger partial charge in [0.1, 0.15) is 21.3 Å². The van der Waals surface area contributed by atoms with E-state index in [9.17, 15) is 26.9 Å². The van der Waals surface area contributed by atoms with Crippen LogP contribution in [0.25, 0.3) is 0 Å². The van der Waals surface area contributed by atoms with E-state index >= 15 is 0 Å². The van der Waals surface area contributed by atoms with Gasteiger partial charge in [-0.05, 0) is 72.6 Å². The Morgan fingerprint density at radius 3 is 2.31 bits per heavy atom. The average Bonchev–Trinajstić information content (AvgIpc) is 3.23. The van der Waals surface area contributed by atoms with Gasteiger partial charge in [0, 0.05) is 30.1 Å². The summed E-state index contributed by atoms with van der Waals surface area (Å²) in [5.41, 5.74) is 0.156. The molecule has 1 atom stereocenters. The zero-order valence-corrected chi connectivity index (χ0v) is 22.3. The molecule has 204 valence electrons. The molecule has 0 saturated carbocycles. The Bertz CT molecular complexity index is 1490. The van der Waals surface area contributed by atoms with E-state index in [1.54, 1.807) is 70.6 Å². The molecule has 0 radical (unpaired) electrons. The highest BCUT2D eigenvalue weighted by atomic mass is 35.5. The molecule has 1 aliphatic heterocycles. The molecule has 0 spiro atoms. The number of ether oxygens (including phenoxy) is 1. The van der Waals surface area contributed by atoms with Crippen LogP contribution in [0, 0.1) is 11.5 Å². The van der Waals surface area contributed by atoms with E-state index in [2.05, 4.69) is 4.99 Å². The van der Waals surface area contributed by atoms with Crippen molar-refractivity contribution < 1.29 is 26.3 Å². The highest BCUT2D eigenvalue weighted by Gasteiger charge is 2.39. The third kappa shape index (κ3) is 7.22. The molecule has 1 heterocycles. The lowest BCUT2D eigenvalue weighted by atomic mass is 10.0. The van der Waals surface area contributed by atoms with Gasteiger partial charge < -0.3 is 14.5 Å². The van der Waals surface area contributed by atoms with E-state index in [0.29, 0.717) is 27.8 Å². The number of sulfone groups is 1. The van der Waals surface area contributed by atoms with Gasteiger partial charge in [0.25, 0.3) is 0 Å². The molecule has 0 aromatic heterocycles. The molecule has 3 aromatic carbocycles. The molecular weight excluding hydrogens is 553 g/mol. The van der Waals surface area contributed by atoms with Gasteiger partial charge in [0.05, 0.1) is 17.4 Å². The zero-order chi connectivity index (χ0) is 28.2. The standard InChI is InChI=1S/C27H24ClF3N4O3S/c1-39(36,37)15-3-14-34-17-25(19-4-2-5-20(16-19)27(29,30)31)35(26(34)33-18-32)22-8-12-24(13-9-22)38-23-10-6-21(28)7-11-23/h2,4-13,16,25H,3,14-15,17H2,1H3. The van der Waals surface area contributed by atoms with Gasteiger partial charge in [0.15, 0.2) is 0 Å². The highest BCUT2D eigenvalue weighted by Crippen LogP contribution is 2.38. The molecule has 0 aliphatic carbocycles. The van der Waals surface area contributed by atoms with Gasteiger partial charge in [-0.25, -0.2) is 8.42 Å². The van der Waals surface area contributed by atoms with Crippen molar-refractivity contribution in [2.75, 3.05) is 30.0 Å². The van der Waals surface area contributed by atoms with Gasteiger partial charge in [-0.15, -0.1) is 4.99 Å². The third-order valence-corrected chi connectivity index (χ3v) is 7.34. The number of anilines is 1. The number of guanidine groups is 1. The van der Waals surface area contributed by atoms with Crippen LogP contribution >= 0.6 is 11.6 Å². The summed E-state index contributed by atoms with van der Waals surface area (Å²) in [4.78, 5) is 7.39. The maximum Gasteiger partial charge on any atom is 0.416 e. The number of hydrogen-bond donors (Lipinski definition) is 0. The molecule has 0 amide bonds. The van der Waals surface area contributed by atoms with E-state index in [1.165, 1.54) is 6.07 Å². The second kappa shape index (κ2) is 11.6. The van der Waals surface area contributed by atoms with Crippen LogP contribution in [-0.2, 0) is 16.0 Å². The molecule has 4 rings (SSSR count). The van der Waals surface area contributed by atoms with Gasteiger partial charge in [0.2, 0.25) is 12.2 Å². The summed E-state index contributed by atoms with van der Waals surface area (Å²) in [6, 6.07) is 18.0. The fourth-order valence-corrected chi connectivity index (χ4v) is 5.11. The van der Waals surface area contributed by atoms with E-state index in [-0.39, 0.29) is 31.2 Å². The van der Waals surface area contributed by atoms with E-state index < -0.39 is 27.6 Å². The molecule has 7 nitrogen and oxygen atoms in total. The predicted octanol–water partition coefficient (Wildman–Crippen LogP) is 6.29. The van der Waals surface area contributed by atoms with Gasteiger partial charge in [-0.1, -0.05) is 23.7 Å². The maximum absolute atomic E-state index is 13.5. The van der Waals surface area contributed by atoms with Crippen LogP contribution in [-0.4, -0.2) is 44.4 Å². The zero-order valence-electron chi connectivity index (χ0n) is 20.8. The molecule has 0 N–H and O–H groups in total. The van der Waals surface area contributed by atoms with Crippen molar-refractivity contribution in [1.29, 1.82) is 5.26 Å². The lowest BCUT2D eigenvalue weighted by Gasteiger charge is -2.26. The van der Waals surface area contributed by atoms with Crippen LogP contribution in [0.5, 0.6) is 11.5 Å². The summed E-state index contributed by atoms with van der Waals surface area (Å²) in [6.07, 6.45) is -1.36. The first-order chi connectivity index (χ1) is 18.4. The number of rotatable bonds is 8. The molecule has 1 unspecified atom stereocenters. The minimum Gasteiger partial charge on any atom is -0.457 e. The lowest BCUT2D eigenvalue weighted by Crippen LogP contribution is -2.35. The molecule has 12 heteroatoms. The number of halogens is 4. The fraction of sp³-hybridized carbons (Fsp3) is 0.259. The first-order valence-corrected chi connectivity index (χ1v) is 14.3. The predicted molar refractivity (Wildman–Crippen MR) is 144 cm³/mol. The highest BCUT2D eigenvalue weighted by molar-refractivity contribution is 7.90. The average molecular weight is 577 g/mol. The monoisotopic (exact) mass is 576 g/mol. The molecule has 1 aliphatic rings. The van der Waals surface area contributed by atoms with Crippen molar-refractivity contribution in [3.63, 3.8) is 0 Å². The number of nitriles is 1. The van der Waals surface area contributed by atoms with Crippen LogP contribution in [0.15, 0.2) is 77.8 Å². The summed E-state index contributed by atoms with van der Waals surface area (Å²) < 4.78 is 69.7. The first kappa shape index (κ1) is 28.3. The number of aliphatic imine (C=N–C) groups is 1. The second-order valence-corrected chi connectivity index (χ2v) is 11.7. The Morgan fingerprint density at radius 1 is 1.08 bits per heavy atom. The summed E-state index contributed by atoms with van der Waals surface area (Å²) in [7, 11) is -3.22. The SMILES string of the molecule is CS(=O)(=O)CCCN1CC(c2cccc(C(F)(F)F)c2)N(c2ccc(Oc3ccc(Cl)cc3)cc2)C1=NC#N. The largest absolute Gasteiger partial charge is 0.457 e. The number of alkyl halides is 3. The van der Waals surface area contributed by atoms with Gasteiger partial charge in [-0.3, -0.25) is 0 Å². The summed E-state index contributed by atoms with van der Waals surface area (Å²) in [5, 5.41) is 10.0. The normalized spacial score (nSPS) is 16.9. The molecule has 0 bridgehead atoms. The lowest BCUT2D eigenvalue weighted by molar-refractivity contribution is -0.137. The van der Waals surface area contributed by atoms with Crippen molar-refractivity contribution in [3.05, 3.63) is 88.9 Å². The van der Waals surface area contributed by atoms with Crippen molar-refractivity contribution in [3.8, 4) is 17.7 Å². The van der Waals surface area contributed by atoms with Crippen molar-refractivity contribution in [2.24, 2.45) is 4.99 Å². The second-order valence-electron chi connectivity index (χ2n) is 9.00. The molecular formula is C27H24ClF3N4O3S. The van der Waals surface area contributed by atoms with Crippen LogP contribution in [0.1, 0.15) is 23.6 Å². The molecule has 39 heavy (non-hydrogen) atoms. The fourth-order valence-electron chi connectivity index (χ4n) is 4.33. The summed E-state index contributed by atoms with van der Waals surface area (Å²) in [6.45, 7) is 0.450. The van der Waals surface area contributed by atoms with Gasteiger partial charge in [-0.2, -0.15) is 18.4 Å². The summed E-state index contributed by atoms with van der Waals surface area (Å²) >= 11 is 5.92. The van der Waals surface area contributed by atoms with Gasteiger partial charge >= 0.3 is 6.18 Å². The quantitative estimate of drug-likeness (QED) is 0.293. The van der Waals surface area contributed by atoms with E-state index in [4.69, 9.17) is 16.3 Å². The number of hydrogen-bond acceptors (Lipinski definition) is 5. The smallest absolute Gasteiger partial charge is 0.416 e. The van der Waals surface area contributed by atoms with Crippen molar-refractivity contribution in [1.82, 2.24) is 4.90 Å².